The molecule has 0 spiro atoms. The number of nitrogens with zero attached hydrogens (tertiary/aromatic N) is 3. The molecule has 0 bridgehead atoms. The average molecular weight is 462 g/mol. The number of hydrogen-bond donors (Lipinski definition) is 2. The van der Waals surface area contributed by atoms with Crippen molar-refractivity contribution in [1.29, 1.82) is 0 Å². The molecule has 2 fully saturated rings. The lowest BCUT2D eigenvalue weighted by molar-refractivity contribution is -0.152. The highest BCUT2D eigenvalue weighted by Gasteiger charge is 2.23. The zero-order chi connectivity index (χ0) is 22.3. The van der Waals surface area contributed by atoms with Crippen molar-refractivity contribution in [3.63, 3.8) is 0 Å². The van der Waals surface area contributed by atoms with Crippen molar-refractivity contribution in [2.75, 3.05) is 30.3 Å². The van der Waals surface area contributed by atoms with Crippen molar-refractivity contribution in [3.05, 3.63) is 41.4 Å². The monoisotopic (exact) mass is 461 g/mol. The summed E-state index contributed by atoms with van der Waals surface area (Å²) in [6, 6.07) is 6.50. The first-order valence-electron chi connectivity index (χ1n) is 11.3. The highest BCUT2D eigenvalue weighted by molar-refractivity contribution is 6.31. The molecule has 172 valence electrons. The van der Waals surface area contributed by atoms with Crippen LogP contribution in [0.25, 0.3) is 0 Å². The number of anilines is 3. The summed E-state index contributed by atoms with van der Waals surface area (Å²) in [7, 11) is 0. The van der Waals surface area contributed by atoms with Crippen LogP contribution in [0.4, 0.5) is 21.7 Å². The van der Waals surface area contributed by atoms with Crippen LogP contribution in [-0.4, -0.2) is 52.6 Å². The van der Waals surface area contributed by atoms with Crippen LogP contribution in [0.15, 0.2) is 30.6 Å². The Morgan fingerprint density at radius 1 is 1.09 bits per heavy atom. The number of halogens is 2. The summed E-state index contributed by atoms with van der Waals surface area (Å²) in [5.74, 6) is 0.741. The molecule has 1 aliphatic carbocycles. The van der Waals surface area contributed by atoms with Crippen LogP contribution in [-0.2, 0) is 9.53 Å². The fourth-order valence-electron chi connectivity index (χ4n) is 4.26. The molecule has 1 aromatic carbocycles. The van der Waals surface area contributed by atoms with E-state index >= 15 is 0 Å². The summed E-state index contributed by atoms with van der Waals surface area (Å²) in [4.78, 5) is 22.9. The number of piperidine rings is 1. The van der Waals surface area contributed by atoms with Gasteiger partial charge in [-0.3, -0.25) is 9.69 Å². The van der Waals surface area contributed by atoms with E-state index in [1.807, 2.05) is 6.07 Å². The zero-order valence-electron chi connectivity index (χ0n) is 18.0. The second-order valence-corrected chi connectivity index (χ2v) is 8.89. The maximum absolute atomic E-state index is 13.3. The molecule has 1 saturated heterocycles. The van der Waals surface area contributed by atoms with E-state index in [2.05, 4.69) is 25.5 Å². The SMILES string of the molecule is O=C(CN1CCC(Nc2cc(Nc3ccc(F)c(Cl)c3)ncn2)CC1)OC1CCCCC1. The Morgan fingerprint density at radius 3 is 2.59 bits per heavy atom. The molecule has 9 heteroatoms. The summed E-state index contributed by atoms with van der Waals surface area (Å²) in [5.41, 5.74) is 0.648. The van der Waals surface area contributed by atoms with Crippen molar-refractivity contribution in [2.45, 2.75) is 57.1 Å². The molecule has 2 aliphatic rings. The van der Waals surface area contributed by atoms with Gasteiger partial charge in [0, 0.05) is 30.9 Å². The Hall–Kier alpha value is -2.45. The smallest absolute Gasteiger partial charge is 0.320 e. The van der Waals surface area contributed by atoms with E-state index in [4.69, 9.17) is 16.3 Å². The number of hydrogen-bond acceptors (Lipinski definition) is 7. The van der Waals surface area contributed by atoms with Crippen LogP contribution in [0.1, 0.15) is 44.9 Å². The maximum atomic E-state index is 13.3. The van der Waals surface area contributed by atoms with Gasteiger partial charge in [0.25, 0.3) is 0 Å². The molecule has 1 aromatic heterocycles. The van der Waals surface area contributed by atoms with E-state index in [9.17, 15) is 9.18 Å². The Kier molecular flexibility index (Phi) is 7.76. The van der Waals surface area contributed by atoms with E-state index in [1.54, 1.807) is 6.07 Å². The van der Waals surface area contributed by atoms with Gasteiger partial charge in [0.1, 0.15) is 29.9 Å². The predicted molar refractivity (Wildman–Crippen MR) is 123 cm³/mol. The Balaban J connectivity index is 1.23. The van der Waals surface area contributed by atoms with Gasteiger partial charge >= 0.3 is 5.97 Å². The second-order valence-electron chi connectivity index (χ2n) is 8.49. The molecule has 0 radical (unpaired) electrons. The number of ether oxygens (including phenoxy) is 1. The summed E-state index contributed by atoms with van der Waals surface area (Å²) in [6.07, 6.45) is 8.99. The number of aromatic nitrogens is 2. The van der Waals surface area contributed by atoms with Crippen molar-refractivity contribution < 1.29 is 13.9 Å². The fraction of sp³-hybridized carbons (Fsp3) is 0.522. The van der Waals surface area contributed by atoms with Gasteiger partial charge in [-0.2, -0.15) is 0 Å². The van der Waals surface area contributed by atoms with E-state index in [0.717, 1.165) is 51.6 Å². The number of rotatable bonds is 7. The van der Waals surface area contributed by atoms with Crippen molar-refractivity contribution >= 4 is 34.9 Å². The van der Waals surface area contributed by atoms with Gasteiger partial charge < -0.3 is 15.4 Å². The first-order valence-corrected chi connectivity index (χ1v) is 11.7. The number of benzene rings is 1. The standard InChI is InChI=1S/C23H29ClFN5O2/c24-19-12-17(6-7-20(19)25)29-22-13-21(26-15-27-22)28-16-8-10-30(11-9-16)14-23(31)32-18-4-2-1-3-5-18/h6-7,12-13,15-16,18H,1-5,8-11,14H2,(H2,26,27,28,29). The van der Waals surface area contributed by atoms with Crippen molar-refractivity contribution in [2.24, 2.45) is 0 Å². The highest BCUT2D eigenvalue weighted by atomic mass is 35.5. The van der Waals surface area contributed by atoms with Crippen LogP contribution in [0.2, 0.25) is 5.02 Å². The lowest BCUT2D eigenvalue weighted by Gasteiger charge is -2.32. The minimum Gasteiger partial charge on any atom is -0.461 e. The van der Waals surface area contributed by atoms with Gasteiger partial charge in [-0.05, 0) is 56.7 Å². The average Bonchev–Trinajstić information content (AvgIpc) is 2.79. The molecule has 0 amide bonds. The maximum Gasteiger partial charge on any atom is 0.320 e. The first kappa shape index (κ1) is 22.7. The summed E-state index contributed by atoms with van der Waals surface area (Å²) in [6.45, 7) is 2.04. The Morgan fingerprint density at radius 2 is 1.84 bits per heavy atom. The molecule has 2 heterocycles. The lowest BCUT2D eigenvalue weighted by atomic mass is 9.98. The second kappa shape index (κ2) is 10.9. The van der Waals surface area contributed by atoms with Crippen molar-refractivity contribution in [1.82, 2.24) is 14.9 Å². The molecule has 0 unspecified atom stereocenters. The zero-order valence-corrected chi connectivity index (χ0v) is 18.8. The van der Waals surface area contributed by atoms with Crippen LogP contribution < -0.4 is 10.6 Å². The predicted octanol–water partition coefficient (Wildman–Crippen LogP) is 4.76. The van der Waals surface area contributed by atoms with E-state index in [1.165, 1.54) is 24.9 Å². The topological polar surface area (TPSA) is 79.4 Å². The van der Waals surface area contributed by atoms with E-state index in [0.29, 0.717) is 23.9 Å². The minimum atomic E-state index is -0.462. The number of nitrogens with one attached hydrogen (secondary N) is 2. The number of carbonyl (C=O) groups excluding carboxylic acids is 1. The third-order valence-electron chi connectivity index (χ3n) is 6.00. The van der Waals surface area contributed by atoms with Gasteiger partial charge in [0.05, 0.1) is 11.6 Å². The molecule has 1 saturated carbocycles. The summed E-state index contributed by atoms with van der Waals surface area (Å²) < 4.78 is 19.0. The van der Waals surface area contributed by atoms with Gasteiger partial charge in [-0.25, -0.2) is 14.4 Å². The molecule has 32 heavy (non-hydrogen) atoms. The van der Waals surface area contributed by atoms with Crippen LogP contribution in [0, 0.1) is 5.82 Å². The Bertz CT molecular complexity index is 917. The van der Waals surface area contributed by atoms with Crippen molar-refractivity contribution in [3.8, 4) is 0 Å². The normalized spacial score (nSPS) is 18.3. The minimum absolute atomic E-state index is 0.0526. The number of esters is 1. The third kappa shape index (κ3) is 6.53. The van der Waals surface area contributed by atoms with E-state index < -0.39 is 5.82 Å². The third-order valence-corrected chi connectivity index (χ3v) is 6.29. The molecule has 7 nitrogen and oxygen atoms in total. The number of carbonyl (C=O) groups is 1. The molecule has 4 rings (SSSR count). The summed E-state index contributed by atoms with van der Waals surface area (Å²) in [5, 5.41) is 6.61. The molecule has 0 atom stereocenters. The lowest BCUT2D eigenvalue weighted by Crippen LogP contribution is -2.42. The van der Waals surface area contributed by atoms with Crippen LogP contribution >= 0.6 is 11.6 Å². The molecule has 2 N–H and O–H groups in total. The highest BCUT2D eigenvalue weighted by Crippen LogP contribution is 2.24. The van der Waals surface area contributed by atoms with Crippen LogP contribution in [0.5, 0.6) is 0 Å². The van der Waals surface area contributed by atoms with E-state index in [-0.39, 0.29) is 23.1 Å². The fourth-order valence-corrected chi connectivity index (χ4v) is 4.44. The van der Waals surface area contributed by atoms with Gasteiger partial charge in [-0.1, -0.05) is 18.0 Å². The Labute approximate surface area is 192 Å². The number of likely N-dealkylation sites (tertiary alicyclic amines) is 1. The first-order chi connectivity index (χ1) is 15.5. The largest absolute Gasteiger partial charge is 0.461 e. The van der Waals surface area contributed by atoms with Gasteiger partial charge in [-0.15, -0.1) is 0 Å². The van der Waals surface area contributed by atoms with Crippen LogP contribution in [0.3, 0.4) is 0 Å². The summed E-state index contributed by atoms with van der Waals surface area (Å²) >= 11 is 5.84. The van der Waals surface area contributed by atoms with Gasteiger partial charge in [0.2, 0.25) is 0 Å². The molecule has 1 aliphatic heterocycles. The molecule has 2 aromatic rings. The van der Waals surface area contributed by atoms with Gasteiger partial charge in [0.15, 0.2) is 0 Å². The molecular weight excluding hydrogens is 433 g/mol. The molecular formula is C23H29ClFN5O2. The quantitative estimate of drug-likeness (QED) is 0.575.